The van der Waals surface area contributed by atoms with Gasteiger partial charge in [-0.1, -0.05) is 166 Å². The van der Waals surface area contributed by atoms with Gasteiger partial charge in [0.25, 0.3) is 0 Å². The van der Waals surface area contributed by atoms with Crippen LogP contribution < -0.4 is 0 Å². The summed E-state index contributed by atoms with van der Waals surface area (Å²) < 4.78 is 2.71. The van der Waals surface area contributed by atoms with Gasteiger partial charge in [0.15, 0.2) is 0 Å². The fourth-order valence-corrected chi connectivity index (χ4v) is 11.8. The normalized spacial score (nSPS) is 13.3. The van der Waals surface area contributed by atoms with E-state index in [0.29, 0.717) is 0 Å². The van der Waals surface area contributed by atoms with E-state index in [-0.39, 0.29) is 5.41 Å². The lowest BCUT2D eigenvalue weighted by Crippen LogP contribution is -2.15. The molecule has 0 spiro atoms. The molecule has 0 fully saturated rings. The molecule has 0 radical (unpaired) electrons. The van der Waals surface area contributed by atoms with Crippen molar-refractivity contribution in [2.45, 2.75) is 19.3 Å². The summed E-state index contributed by atoms with van der Waals surface area (Å²) in [6.07, 6.45) is 0. The maximum Gasteiger partial charge on any atom is 0.0362 e. The van der Waals surface area contributed by atoms with Crippen LogP contribution in [0.3, 0.4) is 0 Å². The summed E-state index contributed by atoms with van der Waals surface area (Å²) in [6, 6.07) is 73.1. The number of thiophene rings is 1. The number of benzene rings is 11. The van der Waals surface area contributed by atoms with E-state index in [0.717, 1.165) is 0 Å². The van der Waals surface area contributed by atoms with Gasteiger partial charge in [-0.3, -0.25) is 0 Å². The highest BCUT2D eigenvalue weighted by molar-refractivity contribution is 7.25. The number of hydrogen-bond donors (Lipinski definition) is 0. The van der Waals surface area contributed by atoms with Crippen molar-refractivity contribution >= 4 is 85.4 Å². The van der Waals surface area contributed by atoms with E-state index in [1.165, 1.54) is 130 Å². The van der Waals surface area contributed by atoms with Crippen LogP contribution >= 0.6 is 11.3 Å². The van der Waals surface area contributed by atoms with E-state index in [4.69, 9.17) is 0 Å². The summed E-state index contributed by atoms with van der Waals surface area (Å²) in [6.45, 7) is 4.80. The van der Waals surface area contributed by atoms with E-state index < -0.39 is 0 Å². The molecule has 0 N–H and O–H groups in total. The van der Waals surface area contributed by atoms with Crippen LogP contribution in [0.15, 0.2) is 194 Å². The third-order valence-electron chi connectivity index (χ3n) is 13.6. The van der Waals surface area contributed by atoms with Crippen LogP contribution in [0.2, 0.25) is 0 Å². The van der Waals surface area contributed by atoms with Crippen LogP contribution in [0.5, 0.6) is 0 Å². The van der Waals surface area contributed by atoms with Crippen LogP contribution in [0, 0.1) is 0 Å². The number of fused-ring (bicyclic) bond motifs is 12. The Morgan fingerprint density at radius 3 is 1.48 bits per heavy atom. The molecular formula is C59H38S. The molecule has 0 unspecified atom stereocenters. The molecule has 0 bridgehead atoms. The van der Waals surface area contributed by atoms with Crippen LogP contribution in [0.25, 0.3) is 119 Å². The molecule has 0 atom stereocenters. The zero-order valence-corrected chi connectivity index (χ0v) is 34.2. The largest absolute Gasteiger partial charge is 0.135 e. The van der Waals surface area contributed by atoms with Crippen molar-refractivity contribution in [2.75, 3.05) is 0 Å². The molecule has 1 heterocycles. The van der Waals surface area contributed by atoms with E-state index in [1.807, 2.05) is 11.3 Å². The molecule has 0 aliphatic heterocycles. The number of hydrogen-bond acceptors (Lipinski definition) is 1. The smallest absolute Gasteiger partial charge is 0.0362 e. The quantitative estimate of drug-likeness (QED) is 0.157. The van der Waals surface area contributed by atoms with Gasteiger partial charge in [0.05, 0.1) is 0 Å². The summed E-state index contributed by atoms with van der Waals surface area (Å²) in [5.74, 6) is 0. The van der Waals surface area contributed by atoms with Crippen molar-refractivity contribution in [1.82, 2.24) is 0 Å². The predicted octanol–water partition coefficient (Wildman–Crippen LogP) is 17.1. The van der Waals surface area contributed by atoms with Crippen molar-refractivity contribution in [2.24, 2.45) is 0 Å². The summed E-state index contributed by atoms with van der Waals surface area (Å²) in [4.78, 5) is 0. The Morgan fingerprint density at radius 1 is 0.300 bits per heavy atom. The first-order valence-corrected chi connectivity index (χ1v) is 21.8. The van der Waals surface area contributed by atoms with Gasteiger partial charge in [-0.15, -0.1) is 11.3 Å². The Morgan fingerprint density at radius 2 is 0.800 bits per heavy atom. The van der Waals surface area contributed by atoms with Crippen LogP contribution in [0.4, 0.5) is 0 Å². The first-order valence-electron chi connectivity index (χ1n) is 21.0. The Kier molecular flexibility index (Phi) is 7.04. The molecule has 13 rings (SSSR count). The minimum atomic E-state index is -0.106. The highest BCUT2D eigenvalue weighted by Crippen LogP contribution is 2.53. The average molecular weight is 779 g/mol. The molecule has 1 aliphatic carbocycles. The molecule has 0 amide bonds. The Labute approximate surface area is 352 Å². The topological polar surface area (TPSA) is 0 Å². The molecule has 0 saturated heterocycles. The van der Waals surface area contributed by atoms with Crippen LogP contribution in [-0.2, 0) is 5.41 Å². The second-order valence-electron chi connectivity index (χ2n) is 17.2. The average Bonchev–Trinajstić information content (AvgIpc) is 3.77. The Hall–Kier alpha value is -7.06. The minimum absolute atomic E-state index is 0.106. The van der Waals surface area contributed by atoms with Gasteiger partial charge in [0.1, 0.15) is 0 Å². The fourth-order valence-electron chi connectivity index (χ4n) is 10.6. The van der Waals surface area contributed by atoms with E-state index in [2.05, 4.69) is 208 Å². The highest BCUT2D eigenvalue weighted by Gasteiger charge is 2.37. The van der Waals surface area contributed by atoms with Gasteiger partial charge < -0.3 is 0 Å². The van der Waals surface area contributed by atoms with Crippen molar-refractivity contribution < 1.29 is 0 Å². The standard InChI is InChI=1S/C59H38S/c1-59(2)52-28-26-41-32-51-44-13-9-10-18-54(44)60-55(51)34-50(41)58(52)49-27-25-40(33-53(49)59)38-20-21-39-31-43(24-22-37(39)29-38)57-47-16-7-5-14-45(47)56(46-15-6-8-17-48(46)57)42-23-19-35-11-3-4-12-36(35)30-42/h3-34H,1-2H3. The fraction of sp³-hybridized carbons (Fsp3) is 0.0508. The molecule has 12 aromatic rings. The lowest BCUT2D eigenvalue weighted by atomic mass is 9.81. The SMILES string of the molecule is CC1(C)c2cc(-c3ccc4cc(-c5c6ccccc6c(-c6ccc7ccccc7c6)c6ccccc56)ccc4c3)ccc2-c2c1ccc1cc3c(cc21)sc1ccccc13. The molecule has 1 heteroatoms. The second kappa shape index (κ2) is 12.5. The van der Waals surface area contributed by atoms with Gasteiger partial charge in [-0.2, -0.15) is 0 Å². The zero-order valence-electron chi connectivity index (χ0n) is 33.4. The summed E-state index contributed by atoms with van der Waals surface area (Å²) in [5, 5.41) is 15.5. The minimum Gasteiger partial charge on any atom is -0.135 e. The van der Waals surface area contributed by atoms with Gasteiger partial charge in [-0.25, -0.2) is 0 Å². The third kappa shape index (κ3) is 4.84. The predicted molar refractivity (Wildman–Crippen MR) is 261 cm³/mol. The Balaban J connectivity index is 0.915. The van der Waals surface area contributed by atoms with Gasteiger partial charge in [0, 0.05) is 25.6 Å². The lowest BCUT2D eigenvalue weighted by molar-refractivity contribution is 0.661. The molecule has 0 saturated carbocycles. The Bertz CT molecular complexity index is 3750. The van der Waals surface area contributed by atoms with E-state index >= 15 is 0 Å². The van der Waals surface area contributed by atoms with Gasteiger partial charge in [-0.05, 0) is 152 Å². The van der Waals surface area contributed by atoms with E-state index in [9.17, 15) is 0 Å². The van der Waals surface area contributed by atoms with Crippen LogP contribution in [0.1, 0.15) is 25.0 Å². The number of rotatable bonds is 3. The van der Waals surface area contributed by atoms with Crippen molar-refractivity contribution in [1.29, 1.82) is 0 Å². The van der Waals surface area contributed by atoms with Crippen molar-refractivity contribution in [3.05, 3.63) is 205 Å². The van der Waals surface area contributed by atoms with Gasteiger partial charge in [0.2, 0.25) is 0 Å². The highest BCUT2D eigenvalue weighted by atomic mass is 32.1. The monoisotopic (exact) mass is 778 g/mol. The molecule has 11 aromatic carbocycles. The summed E-state index contributed by atoms with van der Waals surface area (Å²) in [7, 11) is 0. The zero-order chi connectivity index (χ0) is 39.7. The molecule has 60 heavy (non-hydrogen) atoms. The summed E-state index contributed by atoms with van der Waals surface area (Å²) >= 11 is 1.90. The third-order valence-corrected chi connectivity index (χ3v) is 14.7. The van der Waals surface area contributed by atoms with Gasteiger partial charge >= 0.3 is 0 Å². The lowest BCUT2D eigenvalue weighted by Gasteiger charge is -2.22. The maximum absolute atomic E-state index is 2.46. The maximum atomic E-state index is 2.46. The van der Waals surface area contributed by atoms with E-state index in [1.54, 1.807) is 0 Å². The molecule has 0 nitrogen and oxygen atoms in total. The van der Waals surface area contributed by atoms with Crippen LogP contribution in [-0.4, -0.2) is 0 Å². The molecular weight excluding hydrogens is 741 g/mol. The first-order chi connectivity index (χ1) is 29.5. The first kappa shape index (κ1) is 33.9. The second-order valence-corrected chi connectivity index (χ2v) is 18.3. The summed E-state index contributed by atoms with van der Waals surface area (Å²) in [5.41, 5.74) is 13.1. The molecule has 280 valence electrons. The van der Waals surface area contributed by atoms with Crippen molar-refractivity contribution in [3.63, 3.8) is 0 Å². The molecule has 1 aromatic heterocycles. The van der Waals surface area contributed by atoms with Crippen molar-refractivity contribution in [3.8, 4) is 44.5 Å². The molecule has 1 aliphatic rings.